The van der Waals surface area contributed by atoms with E-state index in [1.165, 1.54) is 37.2 Å². The standard InChI is InChI=1S/C29H27N5O7/c1-18-25(28(37)34(33(18)2)21-10-6-5-7-11-21)31-26(35)27(36)32-30-17-19-13-14-23(24(15-19)40-4)41-29(38)20-9-8-12-22(16-20)39-3/h5-17H,1-4H3,(H,31,35)(H,32,36)/b30-17+. The quantitative estimate of drug-likeness (QED) is 0.112. The number of carbonyl (C=O) groups is 3. The highest BCUT2D eigenvalue weighted by molar-refractivity contribution is 6.39. The Bertz CT molecular complexity index is 1690. The van der Waals surface area contributed by atoms with E-state index in [0.29, 0.717) is 28.3 Å². The van der Waals surface area contributed by atoms with E-state index in [2.05, 4.69) is 15.8 Å². The Morgan fingerprint density at radius 2 is 1.63 bits per heavy atom. The minimum atomic E-state index is -1.08. The Morgan fingerprint density at radius 3 is 2.34 bits per heavy atom. The van der Waals surface area contributed by atoms with Crippen LogP contribution in [0.1, 0.15) is 21.6 Å². The monoisotopic (exact) mass is 557 g/mol. The van der Waals surface area contributed by atoms with Gasteiger partial charge in [0.15, 0.2) is 11.5 Å². The van der Waals surface area contributed by atoms with Crippen LogP contribution in [0.5, 0.6) is 17.2 Å². The van der Waals surface area contributed by atoms with Gasteiger partial charge >= 0.3 is 17.8 Å². The number of anilines is 1. The van der Waals surface area contributed by atoms with Crippen molar-refractivity contribution >= 4 is 29.7 Å². The van der Waals surface area contributed by atoms with Crippen molar-refractivity contribution < 1.29 is 28.6 Å². The largest absolute Gasteiger partial charge is 0.497 e. The number of rotatable bonds is 8. The molecule has 0 aliphatic carbocycles. The van der Waals surface area contributed by atoms with Crippen LogP contribution in [0, 0.1) is 6.92 Å². The molecule has 0 saturated heterocycles. The van der Waals surface area contributed by atoms with Gasteiger partial charge in [-0.15, -0.1) is 0 Å². The molecule has 12 nitrogen and oxygen atoms in total. The summed E-state index contributed by atoms with van der Waals surface area (Å²) >= 11 is 0. The van der Waals surface area contributed by atoms with E-state index in [4.69, 9.17) is 14.2 Å². The van der Waals surface area contributed by atoms with Crippen molar-refractivity contribution in [3.63, 3.8) is 0 Å². The van der Waals surface area contributed by atoms with Crippen molar-refractivity contribution in [2.45, 2.75) is 6.92 Å². The maximum atomic E-state index is 12.9. The van der Waals surface area contributed by atoms with Crippen LogP contribution in [0.3, 0.4) is 0 Å². The van der Waals surface area contributed by atoms with Crippen LogP contribution in [-0.2, 0) is 16.6 Å². The summed E-state index contributed by atoms with van der Waals surface area (Å²) in [4.78, 5) is 50.3. The average Bonchev–Trinajstić information content (AvgIpc) is 3.20. The van der Waals surface area contributed by atoms with Crippen LogP contribution in [0.2, 0.25) is 0 Å². The summed E-state index contributed by atoms with van der Waals surface area (Å²) in [6.07, 6.45) is 1.28. The van der Waals surface area contributed by atoms with Gasteiger partial charge in [0.1, 0.15) is 11.4 Å². The van der Waals surface area contributed by atoms with Gasteiger partial charge in [-0.25, -0.2) is 14.9 Å². The lowest BCUT2D eigenvalue weighted by atomic mass is 10.2. The SMILES string of the molecule is COc1cccc(C(=O)Oc2ccc(/C=N/NC(=O)C(=O)Nc3c(C)n(C)n(-c4ccccc4)c3=O)cc2OC)c1. The molecular formula is C29H27N5O7. The number of amides is 2. The molecule has 4 rings (SSSR count). The normalized spacial score (nSPS) is 10.7. The Balaban J connectivity index is 1.40. The summed E-state index contributed by atoms with van der Waals surface area (Å²) < 4.78 is 18.9. The summed E-state index contributed by atoms with van der Waals surface area (Å²) in [5, 5.41) is 6.17. The molecule has 41 heavy (non-hydrogen) atoms. The van der Waals surface area contributed by atoms with Gasteiger partial charge in [-0.05, 0) is 61.0 Å². The topological polar surface area (TPSA) is 142 Å². The summed E-state index contributed by atoms with van der Waals surface area (Å²) in [6.45, 7) is 1.65. The molecular weight excluding hydrogens is 530 g/mol. The summed E-state index contributed by atoms with van der Waals surface area (Å²) in [6, 6.07) is 20.0. The van der Waals surface area contributed by atoms with E-state index in [9.17, 15) is 19.2 Å². The van der Waals surface area contributed by atoms with Gasteiger partial charge in [0.2, 0.25) is 0 Å². The molecule has 0 aliphatic heterocycles. The first-order valence-electron chi connectivity index (χ1n) is 12.3. The van der Waals surface area contributed by atoms with E-state index in [-0.39, 0.29) is 17.2 Å². The molecule has 2 N–H and O–H groups in total. The molecule has 0 unspecified atom stereocenters. The van der Waals surface area contributed by atoms with Gasteiger partial charge in [0.05, 0.1) is 37.4 Å². The van der Waals surface area contributed by atoms with Crippen LogP contribution in [0.4, 0.5) is 5.69 Å². The summed E-state index contributed by atoms with van der Waals surface area (Å²) in [5.41, 5.74) is 3.46. The Morgan fingerprint density at radius 1 is 0.878 bits per heavy atom. The van der Waals surface area contributed by atoms with Gasteiger partial charge in [-0.3, -0.25) is 19.1 Å². The van der Waals surface area contributed by atoms with Crippen molar-refractivity contribution in [2.75, 3.05) is 19.5 Å². The van der Waals surface area contributed by atoms with Gasteiger partial charge in [-0.1, -0.05) is 24.3 Å². The fourth-order valence-electron chi connectivity index (χ4n) is 3.86. The maximum absolute atomic E-state index is 12.9. The predicted octanol–water partition coefficient (Wildman–Crippen LogP) is 2.81. The molecule has 0 atom stereocenters. The third kappa shape index (κ3) is 6.33. The highest BCUT2D eigenvalue weighted by Crippen LogP contribution is 2.28. The van der Waals surface area contributed by atoms with E-state index in [0.717, 1.165) is 0 Å². The number of aromatic nitrogens is 2. The highest BCUT2D eigenvalue weighted by atomic mass is 16.6. The second-order valence-electron chi connectivity index (χ2n) is 8.62. The first-order valence-corrected chi connectivity index (χ1v) is 12.3. The summed E-state index contributed by atoms with van der Waals surface area (Å²) in [5.74, 6) is -1.83. The highest BCUT2D eigenvalue weighted by Gasteiger charge is 2.21. The lowest BCUT2D eigenvalue weighted by Gasteiger charge is -2.10. The van der Waals surface area contributed by atoms with Crippen molar-refractivity contribution in [2.24, 2.45) is 12.1 Å². The third-order valence-electron chi connectivity index (χ3n) is 6.07. The number of hydrazone groups is 1. The van der Waals surface area contributed by atoms with E-state index in [1.54, 1.807) is 73.3 Å². The first kappa shape index (κ1) is 28.4. The van der Waals surface area contributed by atoms with Gasteiger partial charge in [0, 0.05) is 7.05 Å². The number of methoxy groups -OCH3 is 2. The smallest absolute Gasteiger partial charge is 0.343 e. The van der Waals surface area contributed by atoms with Crippen LogP contribution in [-0.4, -0.2) is 47.6 Å². The molecule has 0 fully saturated rings. The Hall–Kier alpha value is -5.65. The molecule has 4 aromatic rings. The second kappa shape index (κ2) is 12.5. The molecule has 12 heteroatoms. The number of hydrogen-bond donors (Lipinski definition) is 2. The lowest BCUT2D eigenvalue weighted by molar-refractivity contribution is -0.136. The number of ether oxygens (including phenoxy) is 3. The number of esters is 1. The van der Waals surface area contributed by atoms with Crippen LogP contribution in [0.15, 0.2) is 82.7 Å². The minimum Gasteiger partial charge on any atom is -0.497 e. The van der Waals surface area contributed by atoms with Gasteiger partial charge in [0.25, 0.3) is 5.56 Å². The molecule has 0 spiro atoms. The van der Waals surface area contributed by atoms with E-state index < -0.39 is 23.3 Å². The molecule has 0 saturated carbocycles. The number of hydrogen-bond acceptors (Lipinski definition) is 8. The lowest BCUT2D eigenvalue weighted by Crippen LogP contribution is -2.34. The van der Waals surface area contributed by atoms with Crippen molar-refractivity contribution in [1.82, 2.24) is 14.8 Å². The molecule has 0 aliphatic rings. The number of carbonyl (C=O) groups excluding carboxylic acids is 3. The minimum absolute atomic E-state index is 0.0238. The van der Waals surface area contributed by atoms with E-state index in [1.807, 2.05) is 6.07 Å². The fraction of sp³-hybridized carbons (Fsp3) is 0.138. The van der Waals surface area contributed by atoms with Crippen LogP contribution >= 0.6 is 0 Å². The second-order valence-corrected chi connectivity index (χ2v) is 8.62. The zero-order chi connectivity index (χ0) is 29.5. The Labute approximate surface area is 234 Å². The molecule has 1 aromatic heterocycles. The fourth-order valence-corrected chi connectivity index (χ4v) is 3.86. The van der Waals surface area contributed by atoms with Gasteiger partial charge < -0.3 is 19.5 Å². The number of nitrogens with zero attached hydrogens (tertiary/aromatic N) is 3. The molecule has 2 amide bonds. The first-order chi connectivity index (χ1) is 19.7. The maximum Gasteiger partial charge on any atom is 0.343 e. The van der Waals surface area contributed by atoms with Crippen LogP contribution < -0.4 is 30.5 Å². The molecule has 210 valence electrons. The van der Waals surface area contributed by atoms with Crippen LogP contribution in [0.25, 0.3) is 5.69 Å². The van der Waals surface area contributed by atoms with Crippen molar-refractivity contribution in [3.8, 4) is 22.9 Å². The molecule has 1 heterocycles. The molecule has 3 aromatic carbocycles. The summed E-state index contributed by atoms with van der Waals surface area (Å²) in [7, 11) is 4.57. The predicted molar refractivity (Wildman–Crippen MR) is 151 cm³/mol. The van der Waals surface area contributed by atoms with Crippen molar-refractivity contribution in [1.29, 1.82) is 0 Å². The van der Waals surface area contributed by atoms with E-state index >= 15 is 0 Å². The average molecular weight is 558 g/mol. The molecule has 0 bridgehead atoms. The number of para-hydroxylation sites is 1. The molecule has 0 radical (unpaired) electrons. The Kier molecular flexibility index (Phi) is 8.63. The number of benzene rings is 3. The van der Waals surface area contributed by atoms with Crippen molar-refractivity contribution in [3.05, 3.63) is 100.0 Å². The third-order valence-corrected chi connectivity index (χ3v) is 6.07. The number of nitrogens with one attached hydrogen (secondary N) is 2. The van der Waals surface area contributed by atoms with Gasteiger partial charge in [-0.2, -0.15) is 5.10 Å². The zero-order valence-electron chi connectivity index (χ0n) is 22.7. The zero-order valence-corrected chi connectivity index (χ0v) is 22.7.